The Morgan fingerprint density at radius 3 is 2.76 bits per heavy atom. The predicted molar refractivity (Wildman–Crippen MR) is 130 cm³/mol. The number of alkyl halides is 2. The van der Waals surface area contributed by atoms with E-state index in [1.54, 1.807) is 16.9 Å². The number of carbonyl (C=O) groups is 2. The second-order valence-corrected chi connectivity index (χ2v) is 11.3. The molecule has 0 bridgehead atoms. The van der Waals surface area contributed by atoms with Gasteiger partial charge >= 0.3 is 0 Å². The second kappa shape index (κ2) is 9.39. The molecule has 0 aromatic carbocycles. The zero-order chi connectivity index (χ0) is 26.5. The third kappa shape index (κ3) is 4.88. The summed E-state index contributed by atoms with van der Waals surface area (Å²) in [6, 6.07) is 1.29. The first-order valence-corrected chi connectivity index (χ1v) is 13.3. The summed E-state index contributed by atoms with van der Waals surface area (Å²) in [6.45, 7) is 2.66. The summed E-state index contributed by atoms with van der Waals surface area (Å²) in [7, 11) is 0. The molecule has 38 heavy (non-hydrogen) atoms. The lowest BCUT2D eigenvalue weighted by Gasteiger charge is -2.33. The van der Waals surface area contributed by atoms with E-state index in [0.717, 1.165) is 31.2 Å². The van der Waals surface area contributed by atoms with Gasteiger partial charge in [-0.25, -0.2) is 22.9 Å². The highest BCUT2D eigenvalue weighted by Crippen LogP contribution is 2.43. The van der Waals surface area contributed by atoms with E-state index >= 15 is 0 Å². The highest BCUT2D eigenvalue weighted by Gasteiger charge is 2.41. The number of fused-ring (bicyclic) bond motifs is 1. The number of nitrogens with one attached hydrogen (secondary N) is 2. The van der Waals surface area contributed by atoms with Gasteiger partial charge in [-0.05, 0) is 67.7 Å². The zero-order valence-electron chi connectivity index (χ0n) is 21.3. The van der Waals surface area contributed by atoms with Crippen molar-refractivity contribution in [3.63, 3.8) is 0 Å². The number of hydrogen-bond donors (Lipinski definition) is 2. The molecule has 2 atom stereocenters. The SMILES string of the molecule is C[C@@]1(Cc2cnn3cc([C@@H](NC(=O)c4nonc4C4CC4)C4CCC(F)(F)CC4)nc3c2)CCCNC1=O. The number of hydrogen-bond acceptors (Lipinski definition) is 7. The maximum atomic E-state index is 14.0. The number of rotatable bonds is 7. The van der Waals surface area contributed by atoms with E-state index in [9.17, 15) is 18.4 Å². The van der Waals surface area contributed by atoms with E-state index < -0.39 is 23.3 Å². The van der Waals surface area contributed by atoms with Crippen molar-refractivity contribution >= 4 is 17.5 Å². The van der Waals surface area contributed by atoms with Crippen LogP contribution < -0.4 is 10.6 Å². The molecular weight excluding hydrogens is 496 g/mol. The molecule has 0 spiro atoms. The fraction of sp³-hybridized carbons (Fsp3) is 0.615. The van der Waals surface area contributed by atoms with Gasteiger partial charge in [-0.3, -0.25) is 9.59 Å². The number of aromatic nitrogens is 5. The van der Waals surface area contributed by atoms with E-state index in [0.29, 0.717) is 30.0 Å². The molecule has 4 heterocycles. The summed E-state index contributed by atoms with van der Waals surface area (Å²) in [4.78, 5) is 30.5. The van der Waals surface area contributed by atoms with E-state index in [4.69, 9.17) is 9.61 Å². The fourth-order valence-electron chi connectivity index (χ4n) is 5.82. The van der Waals surface area contributed by atoms with Gasteiger partial charge < -0.3 is 10.6 Å². The Balaban J connectivity index is 1.28. The van der Waals surface area contributed by atoms with Gasteiger partial charge in [-0.1, -0.05) is 12.1 Å². The summed E-state index contributed by atoms with van der Waals surface area (Å²) in [6.07, 6.45) is 7.60. The third-order valence-corrected chi connectivity index (χ3v) is 8.26. The van der Waals surface area contributed by atoms with Gasteiger partial charge in [0.05, 0.1) is 29.5 Å². The summed E-state index contributed by atoms with van der Waals surface area (Å²) >= 11 is 0. The summed E-state index contributed by atoms with van der Waals surface area (Å²) in [5.41, 5.74) is 2.17. The van der Waals surface area contributed by atoms with Gasteiger partial charge in [0, 0.05) is 25.3 Å². The van der Waals surface area contributed by atoms with Crippen LogP contribution in [0, 0.1) is 11.3 Å². The quantitative estimate of drug-likeness (QED) is 0.479. The molecule has 12 heteroatoms. The van der Waals surface area contributed by atoms with E-state index in [1.807, 2.05) is 13.0 Å². The van der Waals surface area contributed by atoms with Gasteiger partial charge in [0.2, 0.25) is 11.8 Å². The van der Waals surface area contributed by atoms with E-state index in [1.165, 1.54) is 0 Å². The minimum Gasteiger partial charge on any atom is -0.356 e. The van der Waals surface area contributed by atoms with Crippen molar-refractivity contribution in [3.8, 4) is 0 Å². The van der Waals surface area contributed by atoms with Gasteiger partial charge in [-0.15, -0.1) is 0 Å². The van der Waals surface area contributed by atoms with Crippen molar-refractivity contribution in [2.45, 2.75) is 82.6 Å². The van der Waals surface area contributed by atoms with Crippen LogP contribution in [-0.2, 0) is 11.2 Å². The van der Waals surface area contributed by atoms with Crippen molar-refractivity contribution < 1.29 is 23.0 Å². The van der Waals surface area contributed by atoms with Gasteiger partial charge in [0.15, 0.2) is 11.3 Å². The molecule has 0 unspecified atom stereocenters. The van der Waals surface area contributed by atoms with Crippen LogP contribution in [-0.4, -0.2) is 49.2 Å². The monoisotopic (exact) mass is 527 g/mol. The lowest BCUT2D eigenvalue weighted by Crippen LogP contribution is -2.45. The largest absolute Gasteiger partial charge is 0.356 e. The molecule has 1 aliphatic heterocycles. The standard InChI is InChI=1S/C26H31F2N7O3/c1-25(7-2-10-29-24(25)37)12-15-11-19-31-18(14-35(19)30-13-15)20(17-5-8-26(27,28)9-6-17)32-23(36)22-21(16-3-4-16)33-38-34-22/h11,13-14,16-17,20H,2-10,12H2,1H3,(H,29,37)(H,32,36)/t20-,25-/m0/s1. The third-order valence-electron chi connectivity index (χ3n) is 8.26. The first-order valence-electron chi connectivity index (χ1n) is 13.3. The number of imidazole rings is 1. The highest BCUT2D eigenvalue weighted by atomic mass is 19.3. The topological polar surface area (TPSA) is 127 Å². The van der Waals surface area contributed by atoms with Gasteiger partial charge in [0.25, 0.3) is 5.91 Å². The maximum absolute atomic E-state index is 14.0. The normalized spacial score (nSPS) is 24.8. The van der Waals surface area contributed by atoms with Crippen LogP contribution in [0.15, 0.2) is 23.1 Å². The van der Waals surface area contributed by atoms with Crippen LogP contribution in [0.25, 0.3) is 5.65 Å². The van der Waals surface area contributed by atoms with Crippen molar-refractivity contribution in [1.29, 1.82) is 0 Å². The number of carbonyl (C=O) groups excluding carboxylic acids is 2. The van der Waals surface area contributed by atoms with Crippen molar-refractivity contribution in [2.24, 2.45) is 11.3 Å². The Kier molecular flexibility index (Phi) is 6.14. The molecule has 3 aromatic heterocycles. The average Bonchev–Trinajstić information content (AvgIpc) is 3.45. The molecule has 2 saturated carbocycles. The molecule has 6 rings (SSSR count). The van der Waals surface area contributed by atoms with E-state index in [-0.39, 0.29) is 49.1 Å². The molecule has 10 nitrogen and oxygen atoms in total. The lowest BCUT2D eigenvalue weighted by molar-refractivity contribution is -0.132. The highest BCUT2D eigenvalue weighted by molar-refractivity contribution is 5.93. The fourth-order valence-corrected chi connectivity index (χ4v) is 5.82. The first kappa shape index (κ1) is 24.9. The lowest BCUT2D eigenvalue weighted by atomic mass is 9.77. The molecule has 2 N–H and O–H groups in total. The Bertz CT molecular complexity index is 1360. The van der Waals surface area contributed by atoms with Crippen LogP contribution in [0.4, 0.5) is 8.78 Å². The molecule has 3 fully saturated rings. The maximum Gasteiger partial charge on any atom is 0.276 e. The minimum absolute atomic E-state index is 0.0393. The molecule has 3 aliphatic rings. The second-order valence-electron chi connectivity index (χ2n) is 11.3. The summed E-state index contributed by atoms with van der Waals surface area (Å²) < 4.78 is 34.4. The molecule has 2 aliphatic carbocycles. The molecule has 3 aromatic rings. The number of nitrogens with zero attached hydrogens (tertiary/aromatic N) is 5. The van der Waals surface area contributed by atoms with Crippen LogP contribution in [0.1, 0.15) is 97.7 Å². The van der Waals surface area contributed by atoms with Crippen LogP contribution in [0.3, 0.4) is 0 Å². The Morgan fingerprint density at radius 2 is 2.03 bits per heavy atom. The summed E-state index contributed by atoms with van der Waals surface area (Å²) in [5, 5.41) is 18.2. The average molecular weight is 528 g/mol. The number of piperidine rings is 1. The van der Waals surface area contributed by atoms with Gasteiger partial charge in [0.1, 0.15) is 5.69 Å². The molecular formula is C26H31F2N7O3. The molecule has 2 amide bonds. The molecule has 202 valence electrons. The smallest absolute Gasteiger partial charge is 0.276 e. The van der Waals surface area contributed by atoms with Crippen LogP contribution in [0.2, 0.25) is 0 Å². The van der Waals surface area contributed by atoms with Crippen molar-refractivity contribution in [2.75, 3.05) is 6.54 Å². The van der Waals surface area contributed by atoms with E-state index in [2.05, 4.69) is 26.0 Å². The zero-order valence-corrected chi connectivity index (χ0v) is 21.3. The van der Waals surface area contributed by atoms with Crippen molar-refractivity contribution in [3.05, 3.63) is 41.1 Å². The van der Waals surface area contributed by atoms with Crippen molar-refractivity contribution in [1.82, 2.24) is 35.5 Å². The van der Waals surface area contributed by atoms with Gasteiger partial charge in [-0.2, -0.15) is 5.10 Å². The predicted octanol–water partition coefficient (Wildman–Crippen LogP) is 3.75. The molecule has 1 saturated heterocycles. The molecule has 0 radical (unpaired) electrons. The number of amides is 2. The Morgan fingerprint density at radius 1 is 1.24 bits per heavy atom. The Hall–Kier alpha value is -3.44. The minimum atomic E-state index is -2.70. The summed E-state index contributed by atoms with van der Waals surface area (Å²) in [5.74, 6) is -3.16. The number of halogens is 2. The first-order chi connectivity index (χ1) is 18.2. The van der Waals surface area contributed by atoms with Crippen LogP contribution >= 0.6 is 0 Å². The Labute approximate surface area is 217 Å². The van der Waals surface area contributed by atoms with Crippen LogP contribution in [0.5, 0.6) is 0 Å².